The third kappa shape index (κ3) is 5.56. The summed E-state index contributed by atoms with van der Waals surface area (Å²) in [6, 6.07) is 14.2. The summed E-state index contributed by atoms with van der Waals surface area (Å²) in [5.41, 5.74) is 0.558. The second-order valence-corrected chi connectivity index (χ2v) is 8.08. The van der Waals surface area contributed by atoms with Crippen molar-refractivity contribution < 1.29 is 22.7 Å². The van der Waals surface area contributed by atoms with E-state index in [1.54, 1.807) is 30.3 Å². The third-order valence-corrected chi connectivity index (χ3v) is 5.82. The summed E-state index contributed by atoms with van der Waals surface area (Å²) in [5.74, 6) is -1.15. The number of carbonyl (C=O) groups excluding carboxylic acids is 2. The van der Waals surface area contributed by atoms with Gasteiger partial charge >= 0.3 is 5.97 Å². The molecule has 0 saturated carbocycles. The van der Waals surface area contributed by atoms with Crippen molar-refractivity contribution in [3.63, 3.8) is 0 Å². The fraction of sp³-hybridized carbons (Fsp3) is 0.300. The molecule has 0 spiro atoms. The molecule has 0 fully saturated rings. The van der Waals surface area contributed by atoms with Crippen LogP contribution in [0.2, 0.25) is 0 Å². The number of nitrogens with one attached hydrogen (secondary N) is 1. The number of sulfonamides is 1. The maximum atomic E-state index is 12.8. The van der Waals surface area contributed by atoms with E-state index >= 15 is 0 Å². The highest BCUT2D eigenvalue weighted by molar-refractivity contribution is 7.92. The van der Waals surface area contributed by atoms with Crippen molar-refractivity contribution in [1.29, 1.82) is 0 Å². The number of carbonyl (C=O) groups is 2. The number of rotatable bonds is 9. The lowest BCUT2D eigenvalue weighted by atomic mass is 10.2. The van der Waals surface area contributed by atoms with E-state index in [2.05, 4.69) is 5.32 Å². The monoisotopic (exact) mass is 404 g/mol. The zero-order chi connectivity index (χ0) is 20.6. The van der Waals surface area contributed by atoms with Gasteiger partial charge in [0, 0.05) is 13.6 Å². The first-order chi connectivity index (χ1) is 13.4. The average molecular weight is 404 g/mol. The van der Waals surface area contributed by atoms with E-state index < -0.39 is 28.5 Å². The van der Waals surface area contributed by atoms with E-state index in [9.17, 15) is 18.0 Å². The smallest absolute Gasteiger partial charge is 0.338 e. The predicted molar refractivity (Wildman–Crippen MR) is 107 cm³/mol. The number of hydrogen-bond acceptors (Lipinski definition) is 5. The summed E-state index contributed by atoms with van der Waals surface area (Å²) in [4.78, 5) is 23.8. The molecule has 0 aromatic heterocycles. The number of benzene rings is 2. The zero-order valence-electron chi connectivity index (χ0n) is 15.9. The number of para-hydroxylation sites is 1. The van der Waals surface area contributed by atoms with Crippen molar-refractivity contribution in [1.82, 2.24) is 5.32 Å². The molecule has 0 saturated heterocycles. The van der Waals surface area contributed by atoms with Gasteiger partial charge in [0.1, 0.15) is 0 Å². The molecule has 0 bridgehead atoms. The van der Waals surface area contributed by atoms with E-state index in [1.807, 2.05) is 6.92 Å². The minimum absolute atomic E-state index is 0.0410. The Balaban J connectivity index is 2.08. The number of ether oxygens (including phenoxy) is 1. The SMILES string of the molecule is CCCCNC(=O)COC(=O)c1cccc(S(=O)(=O)N(C)c2ccccc2)c1. The van der Waals surface area contributed by atoms with E-state index in [0.717, 1.165) is 17.1 Å². The van der Waals surface area contributed by atoms with Gasteiger partial charge in [0.2, 0.25) is 0 Å². The molecule has 2 aromatic rings. The van der Waals surface area contributed by atoms with Crippen LogP contribution in [0, 0.1) is 0 Å². The summed E-state index contributed by atoms with van der Waals surface area (Å²) in [7, 11) is -2.41. The van der Waals surface area contributed by atoms with Gasteiger partial charge < -0.3 is 10.1 Å². The highest BCUT2D eigenvalue weighted by atomic mass is 32.2. The summed E-state index contributed by atoms with van der Waals surface area (Å²) in [6.07, 6.45) is 1.79. The Bertz CT molecular complexity index is 913. The number of anilines is 1. The number of amides is 1. The Labute approximate surface area is 165 Å². The van der Waals surface area contributed by atoms with Crippen molar-refractivity contribution in [3.05, 3.63) is 60.2 Å². The molecule has 0 aliphatic carbocycles. The molecule has 150 valence electrons. The van der Waals surface area contributed by atoms with E-state index in [0.29, 0.717) is 12.2 Å². The second kappa shape index (κ2) is 9.89. The molecule has 0 aliphatic heterocycles. The van der Waals surface area contributed by atoms with Gasteiger partial charge in [-0.1, -0.05) is 37.6 Å². The molecule has 0 aliphatic rings. The van der Waals surface area contributed by atoms with Crippen molar-refractivity contribution >= 4 is 27.6 Å². The Kier molecular flexibility index (Phi) is 7.57. The molecule has 0 radical (unpaired) electrons. The second-order valence-electron chi connectivity index (χ2n) is 6.12. The predicted octanol–water partition coefficient (Wildman–Crippen LogP) is 2.58. The molecule has 0 unspecified atom stereocenters. The first-order valence-electron chi connectivity index (χ1n) is 8.94. The Hall–Kier alpha value is -2.87. The first-order valence-corrected chi connectivity index (χ1v) is 10.4. The lowest BCUT2D eigenvalue weighted by Gasteiger charge is -2.19. The Morgan fingerprint density at radius 3 is 2.46 bits per heavy atom. The van der Waals surface area contributed by atoms with Gasteiger partial charge in [-0.3, -0.25) is 9.10 Å². The van der Waals surface area contributed by atoms with Gasteiger partial charge in [-0.25, -0.2) is 13.2 Å². The van der Waals surface area contributed by atoms with Gasteiger partial charge in [0.25, 0.3) is 15.9 Å². The Morgan fingerprint density at radius 1 is 1.07 bits per heavy atom. The quantitative estimate of drug-likeness (QED) is 0.512. The maximum Gasteiger partial charge on any atom is 0.338 e. The fourth-order valence-corrected chi connectivity index (χ4v) is 3.63. The molecule has 2 rings (SSSR count). The van der Waals surface area contributed by atoms with Crippen LogP contribution >= 0.6 is 0 Å². The summed E-state index contributed by atoms with van der Waals surface area (Å²) in [5, 5.41) is 2.64. The molecule has 0 heterocycles. The van der Waals surface area contributed by atoms with Gasteiger partial charge in [-0.05, 0) is 36.8 Å². The van der Waals surface area contributed by atoms with Crippen LogP contribution in [0.5, 0.6) is 0 Å². The number of nitrogens with zero attached hydrogens (tertiary/aromatic N) is 1. The van der Waals surface area contributed by atoms with Crippen molar-refractivity contribution in [2.75, 3.05) is 24.5 Å². The number of esters is 1. The van der Waals surface area contributed by atoms with Gasteiger partial charge in [-0.2, -0.15) is 0 Å². The molecule has 2 aromatic carbocycles. The minimum Gasteiger partial charge on any atom is -0.452 e. The van der Waals surface area contributed by atoms with Crippen LogP contribution in [0.15, 0.2) is 59.5 Å². The molecule has 28 heavy (non-hydrogen) atoms. The molecular weight excluding hydrogens is 380 g/mol. The minimum atomic E-state index is -3.85. The molecule has 8 heteroatoms. The average Bonchev–Trinajstić information content (AvgIpc) is 2.72. The van der Waals surface area contributed by atoms with Crippen molar-refractivity contribution in [3.8, 4) is 0 Å². The summed E-state index contributed by atoms with van der Waals surface area (Å²) < 4.78 is 31.8. The standard InChI is InChI=1S/C20H24N2O5S/c1-3-4-13-21-19(23)15-27-20(24)16-9-8-12-18(14-16)28(25,26)22(2)17-10-6-5-7-11-17/h5-12,14H,3-4,13,15H2,1-2H3,(H,21,23). The zero-order valence-corrected chi connectivity index (χ0v) is 16.7. The third-order valence-electron chi connectivity index (χ3n) is 4.03. The molecule has 1 amide bonds. The summed E-state index contributed by atoms with van der Waals surface area (Å²) in [6.45, 7) is 2.11. The highest BCUT2D eigenvalue weighted by Crippen LogP contribution is 2.22. The normalized spacial score (nSPS) is 10.9. The maximum absolute atomic E-state index is 12.8. The van der Waals surface area contributed by atoms with Crippen LogP contribution < -0.4 is 9.62 Å². The van der Waals surface area contributed by atoms with Crippen LogP contribution in [0.1, 0.15) is 30.1 Å². The van der Waals surface area contributed by atoms with Crippen LogP contribution in [0.3, 0.4) is 0 Å². The molecule has 1 N–H and O–H groups in total. The lowest BCUT2D eigenvalue weighted by Crippen LogP contribution is -2.29. The van der Waals surface area contributed by atoms with E-state index in [4.69, 9.17) is 4.74 Å². The molecule has 0 atom stereocenters. The van der Waals surface area contributed by atoms with Gasteiger partial charge in [0.15, 0.2) is 6.61 Å². The molecule has 7 nitrogen and oxygen atoms in total. The van der Waals surface area contributed by atoms with Crippen LogP contribution in [0.4, 0.5) is 5.69 Å². The van der Waals surface area contributed by atoms with E-state index in [1.165, 1.54) is 31.3 Å². The van der Waals surface area contributed by atoms with Crippen molar-refractivity contribution in [2.45, 2.75) is 24.7 Å². The summed E-state index contributed by atoms with van der Waals surface area (Å²) >= 11 is 0. The van der Waals surface area contributed by atoms with E-state index in [-0.39, 0.29) is 10.5 Å². The van der Waals surface area contributed by atoms with Crippen LogP contribution in [-0.2, 0) is 19.6 Å². The van der Waals surface area contributed by atoms with Crippen LogP contribution in [-0.4, -0.2) is 40.5 Å². The van der Waals surface area contributed by atoms with Crippen LogP contribution in [0.25, 0.3) is 0 Å². The number of unbranched alkanes of at least 4 members (excludes halogenated alkanes) is 1. The largest absolute Gasteiger partial charge is 0.452 e. The Morgan fingerprint density at radius 2 is 1.79 bits per heavy atom. The number of hydrogen-bond donors (Lipinski definition) is 1. The topological polar surface area (TPSA) is 92.8 Å². The lowest BCUT2D eigenvalue weighted by molar-refractivity contribution is -0.124. The van der Waals surface area contributed by atoms with Gasteiger partial charge in [-0.15, -0.1) is 0 Å². The van der Waals surface area contributed by atoms with Gasteiger partial charge in [0.05, 0.1) is 16.1 Å². The van der Waals surface area contributed by atoms with Crippen molar-refractivity contribution in [2.24, 2.45) is 0 Å². The highest BCUT2D eigenvalue weighted by Gasteiger charge is 2.22. The first kappa shape index (κ1) is 21.4. The molecular formula is C20H24N2O5S. The fourth-order valence-electron chi connectivity index (χ4n) is 2.39.